The van der Waals surface area contributed by atoms with E-state index in [2.05, 4.69) is 0 Å². The summed E-state index contributed by atoms with van der Waals surface area (Å²) in [4.78, 5) is 27.6. The summed E-state index contributed by atoms with van der Waals surface area (Å²) in [5.41, 5.74) is -1.12. The maximum atomic E-state index is 13.3. The molecule has 0 saturated heterocycles. The van der Waals surface area contributed by atoms with Gasteiger partial charge in [0.15, 0.2) is 5.75 Å². The first-order chi connectivity index (χ1) is 16.7. The van der Waals surface area contributed by atoms with Crippen molar-refractivity contribution in [1.82, 2.24) is 9.80 Å². The minimum atomic E-state index is -4.73. The molecule has 0 aliphatic rings. The molecule has 0 aromatic heterocycles. The summed E-state index contributed by atoms with van der Waals surface area (Å²) in [5.74, 6) is -1.26. The molecule has 0 heterocycles. The second-order valence-electron chi connectivity index (χ2n) is 8.01. The van der Waals surface area contributed by atoms with Crippen LogP contribution in [0.4, 0.5) is 18.0 Å². The maximum absolute atomic E-state index is 13.3. The number of alkyl halides is 3. The average Bonchev–Trinajstić information content (AvgIpc) is 2.79. The molecule has 0 bridgehead atoms. The second-order valence-corrected chi connectivity index (χ2v) is 9.61. The molecule has 2 aromatic rings. The predicted octanol–water partition coefficient (Wildman–Crippen LogP) is 6.81. The number of hydrogen-bond acceptors (Lipinski definition) is 4. The van der Waals surface area contributed by atoms with E-state index in [1.165, 1.54) is 50.5 Å². The molecule has 2 aromatic carbocycles. The van der Waals surface area contributed by atoms with Crippen LogP contribution in [-0.4, -0.2) is 60.3 Å². The standard InChI is InChI=1S/C23H23Cl4F3N2O4/c1-31(19(34)12-23(28,29)30)13-22(9-4-10-33,14-7-8-15(24)17(26)11-14)32(2)21(35)36-18-6-3-5-16(25)20(18)27/h3,5-8,11,33H,4,9-10,12-13H2,1-2H3/t22-/m1/s1. The zero-order valence-corrected chi connectivity index (χ0v) is 22.2. The third-order valence-corrected chi connectivity index (χ3v) is 7.05. The van der Waals surface area contributed by atoms with E-state index in [1.54, 1.807) is 0 Å². The number of nitrogens with zero attached hydrogens (tertiary/aromatic N) is 2. The molecular formula is C23H23Cl4F3N2O4. The van der Waals surface area contributed by atoms with Crippen LogP contribution in [0.5, 0.6) is 5.75 Å². The first-order valence-corrected chi connectivity index (χ1v) is 12.0. The lowest BCUT2D eigenvalue weighted by Gasteiger charge is -2.44. The van der Waals surface area contributed by atoms with Gasteiger partial charge in [0.2, 0.25) is 5.91 Å². The fourth-order valence-corrected chi connectivity index (χ4v) is 4.25. The molecule has 2 rings (SSSR count). The third kappa shape index (κ3) is 7.55. The van der Waals surface area contributed by atoms with Crippen LogP contribution in [0.2, 0.25) is 20.1 Å². The van der Waals surface area contributed by atoms with E-state index >= 15 is 0 Å². The quantitative estimate of drug-likeness (QED) is 0.349. The van der Waals surface area contributed by atoms with Crippen LogP contribution in [0.25, 0.3) is 0 Å². The van der Waals surface area contributed by atoms with Crippen molar-refractivity contribution in [3.8, 4) is 5.75 Å². The molecule has 198 valence electrons. The number of likely N-dealkylation sites (N-methyl/N-ethyl adjacent to an activating group) is 2. The van der Waals surface area contributed by atoms with Crippen LogP contribution in [0.1, 0.15) is 24.8 Å². The molecule has 0 aliphatic heterocycles. The summed E-state index contributed by atoms with van der Waals surface area (Å²) in [7, 11) is 2.54. The van der Waals surface area contributed by atoms with Gasteiger partial charge >= 0.3 is 12.3 Å². The summed E-state index contributed by atoms with van der Waals surface area (Å²) >= 11 is 24.4. The Morgan fingerprint density at radius 2 is 1.67 bits per heavy atom. The smallest absolute Gasteiger partial charge is 0.409 e. The predicted molar refractivity (Wildman–Crippen MR) is 133 cm³/mol. The van der Waals surface area contributed by atoms with Crippen LogP contribution in [0.15, 0.2) is 36.4 Å². The number of amides is 2. The number of carbonyl (C=O) groups is 2. The van der Waals surface area contributed by atoms with Crippen LogP contribution in [0, 0.1) is 0 Å². The number of halogens is 7. The van der Waals surface area contributed by atoms with Crippen LogP contribution >= 0.6 is 46.4 Å². The molecule has 0 unspecified atom stereocenters. The lowest BCUT2D eigenvalue weighted by Crippen LogP contribution is -2.55. The molecule has 1 atom stereocenters. The van der Waals surface area contributed by atoms with Crippen molar-refractivity contribution in [2.24, 2.45) is 0 Å². The summed E-state index contributed by atoms with van der Waals surface area (Å²) in [6.45, 7) is -0.680. The average molecular weight is 590 g/mol. The van der Waals surface area contributed by atoms with Gasteiger partial charge in [0.05, 0.1) is 20.6 Å². The van der Waals surface area contributed by atoms with Crippen LogP contribution < -0.4 is 4.74 Å². The highest BCUT2D eigenvalue weighted by Crippen LogP contribution is 2.39. The Morgan fingerprint density at radius 3 is 2.25 bits per heavy atom. The molecular weight excluding hydrogens is 567 g/mol. The number of hydrogen-bond donors (Lipinski definition) is 1. The number of carbonyl (C=O) groups excluding carboxylic acids is 2. The summed E-state index contributed by atoms with van der Waals surface area (Å²) in [6, 6.07) is 8.85. The number of aliphatic hydroxyl groups is 1. The lowest BCUT2D eigenvalue weighted by molar-refractivity contribution is -0.161. The number of rotatable bonds is 9. The molecule has 36 heavy (non-hydrogen) atoms. The largest absolute Gasteiger partial charge is 0.415 e. The Morgan fingerprint density at radius 1 is 1.00 bits per heavy atom. The van der Waals surface area contributed by atoms with Gasteiger partial charge < -0.3 is 14.7 Å². The molecule has 0 fully saturated rings. The topological polar surface area (TPSA) is 70.1 Å². The maximum Gasteiger partial charge on any atom is 0.415 e. The van der Waals surface area contributed by atoms with E-state index in [1.807, 2.05) is 0 Å². The fourth-order valence-electron chi connectivity index (χ4n) is 3.63. The Hall–Kier alpha value is -1.91. The van der Waals surface area contributed by atoms with Gasteiger partial charge in [0, 0.05) is 27.2 Å². The number of benzene rings is 2. The zero-order chi connectivity index (χ0) is 27.3. The zero-order valence-electron chi connectivity index (χ0n) is 19.2. The van der Waals surface area contributed by atoms with Crippen molar-refractivity contribution in [3.05, 3.63) is 62.1 Å². The Labute approximate surface area is 226 Å². The van der Waals surface area contributed by atoms with Crippen molar-refractivity contribution in [2.45, 2.75) is 31.0 Å². The van der Waals surface area contributed by atoms with E-state index in [9.17, 15) is 27.9 Å². The van der Waals surface area contributed by atoms with Gasteiger partial charge in [0.1, 0.15) is 11.4 Å². The normalized spacial score (nSPS) is 13.2. The molecule has 0 aliphatic carbocycles. The number of ether oxygens (including phenoxy) is 1. The minimum Gasteiger partial charge on any atom is -0.409 e. The van der Waals surface area contributed by atoms with E-state index in [-0.39, 0.29) is 51.8 Å². The highest BCUT2D eigenvalue weighted by Gasteiger charge is 2.43. The van der Waals surface area contributed by atoms with Gasteiger partial charge in [-0.2, -0.15) is 13.2 Å². The fraction of sp³-hybridized carbons (Fsp3) is 0.391. The van der Waals surface area contributed by atoms with Crippen molar-refractivity contribution in [2.75, 3.05) is 27.2 Å². The van der Waals surface area contributed by atoms with E-state index in [4.69, 9.17) is 51.1 Å². The van der Waals surface area contributed by atoms with Gasteiger partial charge in [-0.3, -0.25) is 9.69 Å². The Kier molecular flexibility index (Phi) is 10.6. The van der Waals surface area contributed by atoms with Crippen LogP contribution in [-0.2, 0) is 10.3 Å². The van der Waals surface area contributed by atoms with Gasteiger partial charge in [-0.25, -0.2) is 4.79 Å². The van der Waals surface area contributed by atoms with Gasteiger partial charge in [-0.05, 0) is 42.7 Å². The van der Waals surface area contributed by atoms with Crippen molar-refractivity contribution in [3.63, 3.8) is 0 Å². The first-order valence-electron chi connectivity index (χ1n) is 10.5. The SMILES string of the molecule is CN(C[C@](CCCO)(c1ccc(Cl)c(Cl)c1)N(C)C(=O)Oc1cccc(Cl)c1Cl)C(=O)CC(F)(F)F. The van der Waals surface area contributed by atoms with E-state index < -0.39 is 30.1 Å². The van der Waals surface area contributed by atoms with Crippen LogP contribution in [0.3, 0.4) is 0 Å². The summed E-state index contributed by atoms with van der Waals surface area (Å²) in [6.07, 6.45) is -7.21. The first kappa shape index (κ1) is 30.3. The lowest BCUT2D eigenvalue weighted by atomic mass is 9.83. The van der Waals surface area contributed by atoms with Crippen molar-refractivity contribution >= 4 is 58.4 Å². The van der Waals surface area contributed by atoms with Crippen molar-refractivity contribution < 1.29 is 32.6 Å². The highest BCUT2D eigenvalue weighted by atomic mass is 35.5. The number of aliphatic hydroxyl groups excluding tert-OH is 1. The molecule has 0 saturated carbocycles. The Bertz CT molecular complexity index is 1100. The summed E-state index contributed by atoms with van der Waals surface area (Å²) in [5, 5.41) is 9.99. The second kappa shape index (κ2) is 12.6. The molecule has 1 N–H and O–H groups in total. The van der Waals surface area contributed by atoms with Gasteiger partial charge in [-0.15, -0.1) is 0 Å². The Balaban J connectivity index is 2.57. The molecule has 13 heteroatoms. The summed E-state index contributed by atoms with van der Waals surface area (Å²) < 4.78 is 44.1. The molecule has 6 nitrogen and oxygen atoms in total. The van der Waals surface area contributed by atoms with E-state index in [0.29, 0.717) is 5.56 Å². The minimum absolute atomic E-state index is 0.0196. The van der Waals surface area contributed by atoms with E-state index in [0.717, 1.165) is 9.80 Å². The van der Waals surface area contributed by atoms with Gasteiger partial charge in [0.25, 0.3) is 0 Å². The third-order valence-electron chi connectivity index (χ3n) is 5.51. The van der Waals surface area contributed by atoms with Gasteiger partial charge in [-0.1, -0.05) is 58.5 Å². The molecule has 0 radical (unpaired) electrons. The monoisotopic (exact) mass is 588 g/mol. The van der Waals surface area contributed by atoms with Crippen molar-refractivity contribution in [1.29, 1.82) is 0 Å². The highest BCUT2D eigenvalue weighted by molar-refractivity contribution is 6.43. The molecule has 2 amide bonds. The molecule has 0 spiro atoms.